The van der Waals surface area contributed by atoms with Crippen molar-refractivity contribution < 1.29 is 8.98 Å². The highest BCUT2D eigenvalue weighted by Gasteiger charge is 2.29. The Hall–Kier alpha value is -1.85. The third-order valence-corrected chi connectivity index (χ3v) is 4.70. The van der Waals surface area contributed by atoms with E-state index < -0.39 is 0 Å². The SMILES string of the molecule is CN1CCN(c2c3ncoc3c3cc(Cl)ccc3[n+]2C)CC1. The van der Waals surface area contributed by atoms with Crippen molar-refractivity contribution in [2.24, 2.45) is 7.05 Å². The number of aryl methyl sites for hydroxylation is 1. The Kier molecular flexibility index (Phi) is 3.20. The summed E-state index contributed by atoms with van der Waals surface area (Å²) >= 11 is 6.16. The van der Waals surface area contributed by atoms with Crippen molar-refractivity contribution in [3.05, 3.63) is 29.6 Å². The van der Waals surface area contributed by atoms with Gasteiger partial charge in [-0.3, -0.25) is 9.80 Å². The number of anilines is 1. The third kappa shape index (κ3) is 2.04. The number of hydrogen-bond acceptors (Lipinski definition) is 4. The number of nitrogens with zero attached hydrogens (tertiary/aromatic N) is 4. The molecule has 0 aliphatic carbocycles. The first kappa shape index (κ1) is 13.8. The van der Waals surface area contributed by atoms with Gasteiger partial charge < -0.3 is 4.42 Å². The Balaban J connectivity index is 1.98. The van der Waals surface area contributed by atoms with E-state index in [1.807, 2.05) is 18.2 Å². The minimum Gasteiger partial charge on any atom is -0.442 e. The molecule has 5 nitrogen and oxygen atoms in total. The fraction of sp³-hybridized carbons (Fsp3) is 0.375. The zero-order valence-corrected chi connectivity index (χ0v) is 13.5. The monoisotopic (exact) mass is 317 g/mol. The van der Waals surface area contributed by atoms with Crippen LogP contribution in [-0.2, 0) is 7.05 Å². The predicted octanol–water partition coefficient (Wildman–Crippen LogP) is 2.21. The maximum atomic E-state index is 6.16. The Labute approximate surface area is 133 Å². The standard InChI is InChI=1S/C16H18ClN4O/c1-19-5-7-21(8-6-19)16-14-15(22-10-18-14)12-9-11(17)3-4-13(12)20(16)2/h3-4,9-10H,5-8H2,1-2H3/q+1. The Morgan fingerprint density at radius 3 is 2.77 bits per heavy atom. The first-order chi connectivity index (χ1) is 10.6. The number of fused-ring (bicyclic) bond motifs is 3. The number of pyridine rings is 1. The predicted molar refractivity (Wildman–Crippen MR) is 87.4 cm³/mol. The maximum absolute atomic E-state index is 6.16. The molecule has 0 radical (unpaired) electrons. The molecule has 0 spiro atoms. The van der Waals surface area contributed by atoms with Crippen molar-refractivity contribution >= 4 is 39.4 Å². The van der Waals surface area contributed by atoms with Gasteiger partial charge in [0.05, 0.1) is 25.5 Å². The van der Waals surface area contributed by atoms with Crippen LogP contribution in [0.4, 0.5) is 5.82 Å². The number of rotatable bonds is 1. The lowest BCUT2D eigenvalue weighted by Gasteiger charge is -2.29. The molecule has 0 atom stereocenters. The summed E-state index contributed by atoms with van der Waals surface area (Å²) in [5.74, 6) is 1.12. The summed E-state index contributed by atoms with van der Waals surface area (Å²) in [4.78, 5) is 9.20. The van der Waals surface area contributed by atoms with Gasteiger partial charge in [-0.15, -0.1) is 0 Å². The van der Waals surface area contributed by atoms with Crippen molar-refractivity contribution in [1.29, 1.82) is 0 Å². The highest BCUT2D eigenvalue weighted by molar-refractivity contribution is 6.31. The number of halogens is 1. The summed E-state index contributed by atoms with van der Waals surface area (Å²) in [6.07, 6.45) is 1.52. The zero-order chi connectivity index (χ0) is 15.3. The van der Waals surface area contributed by atoms with Crippen LogP contribution in [0.15, 0.2) is 29.0 Å². The summed E-state index contributed by atoms with van der Waals surface area (Å²) in [6.45, 7) is 4.09. The van der Waals surface area contributed by atoms with E-state index in [0.717, 1.165) is 54.0 Å². The Morgan fingerprint density at radius 1 is 1.23 bits per heavy atom. The van der Waals surface area contributed by atoms with Gasteiger partial charge in [-0.2, -0.15) is 0 Å². The van der Waals surface area contributed by atoms with Gasteiger partial charge in [-0.1, -0.05) is 11.6 Å². The molecule has 0 N–H and O–H groups in total. The third-order valence-electron chi connectivity index (χ3n) is 4.46. The van der Waals surface area contributed by atoms with Crippen LogP contribution in [0, 0.1) is 0 Å². The second-order valence-corrected chi connectivity index (χ2v) is 6.30. The molecule has 0 amide bonds. The van der Waals surface area contributed by atoms with Crippen molar-refractivity contribution in [2.45, 2.75) is 0 Å². The van der Waals surface area contributed by atoms with Crippen LogP contribution >= 0.6 is 11.6 Å². The lowest BCUT2D eigenvalue weighted by atomic mass is 10.1. The minimum absolute atomic E-state index is 0.706. The fourth-order valence-electron chi connectivity index (χ4n) is 3.23. The van der Waals surface area contributed by atoms with E-state index in [1.165, 1.54) is 6.39 Å². The van der Waals surface area contributed by atoms with Crippen LogP contribution in [-0.4, -0.2) is 43.1 Å². The topological polar surface area (TPSA) is 36.4 Å². The average molecular weight is 318 g/mol. The van der Waals surface area contributed by atoms with E-state index >= 15 is 0 Å². The summed E-state index contributed by atoms with van der Waals surface area (Å²) in [7, 11) is 4.24. The number of hydrogen-bond donors (Lipinski definition) is 0. The van der Waals surface area contributed by atoms with E-state index in [1.54, 1.807) is 0 Å². The number of likely N-dealkylation sites (N-methyl/N-ethyl adjacent to an activating group) is 1. The van der Waals surface area contributed by atoms with E-state index in [0.29, 0.717) is 5.02 Å². The molecule has 0 bridgehead atoms. The van der Waals surface area contributed by atoms with Gasteiger partial charge >= 0.3 is 5.82 Å². The van der Waals surface area contributed by atoms with Gasteiger partial charge in [-0.05, 0) is 25.2 Å². The molecule has 3 heterocycles. The van der Waals surface area contributed by atoms with E-state index in [2.05, 4.69) is 33.4 Å². The number of piperazine rings is 1. The smallest absolute Gasteiger partial charge is 0.307 e. The highest BCUT2D eigenvalue weighted by atomic mass is 35.5. The zero-order valence-electron chi connectivity index (χ0n) is 12.7. The number of aromatic nitrogens is 2. The molecule has 1 aliphatic heterocycles. The molecule has 3 aromatic rings. The van der Waals surface area contributed by atoms with Gasteiger partial charge in [-0.25, -0.2) is 9.55 Å². The molecule has 4 rings (SSSR count). The molecule has 6 heteroatoms. The maximum Gasteiger partial charge on any atom is 0.307 e. The summed E-state index contributed by atoms with van der Waals surface area (Å²) in [6, 6.07) is 5.90. The second-order valence-electron chi connectivity index (χ2n) is 5.86. The Morgan fingerprint density at radius 2 is 2.00 bits per heavy atom. The number of oxazole rings is 1. The largest absolute Gasteiger partial charge is 0.442 e. The molecule has 0 saturated carbocycles. The molecule has 1 aliphatic rings. The van der Waals surface area contributed by atoms with E-state index in [9.17, 15) is 0 Å². The van der Waals surface area contributed by atoms with Crippen molar-refractivity contribution in [2.75, 3.05) is 38.1 Å². The first-order valence-corrected chi connectivity index (χ1v) is 7.81. The molecule has 2 aromatic heterocycles. The van der Waals surface area contributed by atoms with E-state index in [-0.39, 0.29) is 0 Å². The molecule has 1 fully saturated rings. The molecular weight excluding hydrogens is 300 g/mol. The molecule has 114 valence electrons. The van der Waals surface area contributed by atoms with Gasteiger partial charge in [0.1, 0.15) is 5.52 Å². The minimum atomic E-state index is 0.706. The van der Waals surface area contributed by atoms with Crippen molar-refractivity contribution in [3.8, 4) is 0 Å². The molecular formula is C16H18ClN4O+. The van der Waals surface area contributed by atoms with Crippen molar-refractivity contribution in [3.63, 3.8) is 0 Å². The summed E-state index contributed by atoms with van der Waals surface area (Å²) < 4.78 is 7.87. The fourth-order valence-corrected chi connectivity index (χ4v) is 3.40. The Bertz CT molecular complexity index is 852. The van der Waals surface area contributed by atoms with Gasteiger partial charge in [0.15, 0.2) is 17.5 Å². The van der Waals surface area contributed by atoms with Gasteiger partial charge in [0.2, 0.25) is 0 Å². The van der Waals surface area contributed by atoms with Crippen LogP contribution in [0.1, 0.15) is 0 Å². The lowest BCUT2D eigenvalue weighted by Crippen LogP contribution is -2.49. The molecule has 22 heavy (non-hydrogen) atoms. The second kappa shape index (κ2) is 5.11. The molecule has 1 aromatic carbocycles. The quantitative estimate of drug-likeness (QED) is 0.645. The van der Waals surface area contributed by atoms with Gasteiger partial charge in [0.25, 0.3) is 0 Å². The van der Waals surface area contributed by atoms with Gasteiger partial charge in [0, 0.05) is 18.1 Å². The van der Waals surface area contributed by atoms with Crippen molar-refractivity contribution in [1.82, 2.24) is 9.88 Å². The number of benzene rings is 1. The van der Waals surface area contributed by atoms with Crippen LogP contribution in [0.5, 0.6) is 0 Å². The average Bonchev–Trinajstić information content (AvgIpc) is 2.98. The summed E-state index contributed by atoms with van der Waals surface area (Å²) in [5, 5.41) is 1.71. The van der Waals surface area contributed by atoms with Crippen LogP contribution < -0.4 is 9.47 Å². The van der Waals surface area contributed by atoms with Crippen LogP contribution in [0.3, 0.4) is 0 Å². The van der Waals surface area contributed by atoms with E-state index in [4.69, 9.17) is 16.0 Å². The molecule has 0 unspecified atom stereocenters. The first-order valence-electron chi connectivity index (χ1n) is 7.43. The summed E-state index contributed by atoms with van der Waals surface area (Å²) in [5.41, 5.74) is 2.81. The van der Waals surface area contributed by atoms with Crippen LogP contribution in [0.2, 0.25) is 5.02 Å². The van der Waals surface area contributed by atoms with Crippen LogP contribution in [0.25, 0.3) is 22.0 Å². The normalized spacial score (nSPS) is 16.8. The lowest BCUT2D eigenvalue weighted by molar-refractivity contribution is -0.631. The molecule has 1 saturated heterocycles. The highest BCUT2D eigenvalue weighted by Crippen LogP contribution is 2.30.